The Hall–Kier alpha value is -1.77. The van der Waals surface area contributed by atoms with Crippen LogP contribution >= 0.6 is 0 Å². The minimum Gasteiger partial charge on any atom is -0.225 e. The molecule has 0 saturated heterocycles. The molecule has 1 aromatic carbocycles. The van der Waals surface area contributed by atoms with Crippen molar-refractivity contribution in [2.24, 2.45) is 0 Å². The molecule has 0 unspecified atom stereocenters. The van der Waals surface area contributed by atoms with Crippen LogP contribution in [0.2, 0.25) is 0 Å². The third kappa shape index (κ3) is 3.62. The lowest BCUT2D eigenvalue weighted by Crippen LogP contribution is -1.90. The molecule has 0 radical (unpaired) electrons. The van der Waals surface area contributed by atoms with Crippen molar-refractivity contribution in [1.29, 1.82) is 0 Å². The fourth-order valence-corrected chi connectivity index (χ4v) is 1.96. The average Bonchev–Trinajstić information content (AvgIpc) is 2.45. The summed E-state index contributed by atoms with van der Waals surface area (Å²) in [5.74, 6) is 0.738. The largest absolute Gasteiger partial charge is 0.225 e. The molecule has 3 nitrogen and oxygen atoms in total. The Bertz CT molecular complexity index is 451. The highest BCUT2D eigenvalue weighted by Crippen LogP contribution is 2.15. The Morgan fingerprint density at radius 3 is 2.28 bits per heavy atom. The van der Waals surface area contributed by atoms with E-state index in [1.54, 1.807) is 0 Å². The molecular formula is C15H19N3. The molecule has 0 aliphatic heterocycles. The number of hydrogen-bond acceptors (Lipinski definition) is 3. The van der Waals surface area contributed by atoms with Gasteiger partial charge in [-0.3, -0.25) is 0 Å². The summed E-state index contributed by atoms with van der Waals surface area (Å²) < 4.78 is 0. The van der Waals surface area contributed by atoms with Crippen molar-refractivity contribution in [2.75, 3.05) is 0 Å². The molecule has 0 fully saturated rings. The SMILES string of the molecule is CCCCCCc1ccc(-c2ncncn2)cc1. The van der Waals surface area contributed by atoms with Gasteiger partial charge in [0.1, 0.15) is 12.7 Å². The van der Waals surface area contributed by atoms with Gasteiger partial charge in [-0.25, -0.2) is 15.0 Å². The Balaban J connectivity index is 1.94. The van der Waals surface area contributed by atoms with Crippen molar-refractivity contribution in [3.05, 3.63) is 42.5 Å². The quantitative estimate of drug-likeness (QED) is 0.724. The highest BCUT2D eigenvalue weighted by atomic mass is 15.0. The van der Waals surface area contributed by atoms with Crippen LogP contribution in [-0.4, -0.2) is 15.0 Å². The first kappa shape index (κ1) is 12.7. The maximum atomic E-state index is 4.14. The summed E-state index contributed by atoms with van der Waals surface area (Å²) >= 11 is 0. The number of unbranched alkanes of at least 4 members (excludes halogenated alkanes) is 3. The van der Waals surface area contributed by atoms with Gasteiger partial charge in [-0.2, -0.15) is 0 Å². The lowest BCUT2D eigenvalue weighted by molar-refractivity contribution is 0.667. The third-order valence-electron chi connectivity index (χ3n) is 3.02. The molecular weight excluding hydrogens is 222 g/mol. The molecule has 0 amide bonds. The summed E-state index contributed by atoms with van der Waals surface area (Å²) in [6.45, 7) is 2.24. The van der Waals surface area contributed by atoms with Gasteiger partial charge < -0.3 is 0 Å². The van der Waals surface area contributed by atoms with Crippen LogP contribution in [0, 0.1) is 0 Å². The van der Waals surface area contributed by atoms with E-state index in [2.05, 4.69) is 46.1 Å². The summed E-state index contributed by atoms with van der Waals surface area (Å²) in [7, 11) is 0. The fraction of sp³-hybridized carbons (Fsp3) is 0.400. The van der Waals surface area contributed by atoms with Crippen molar-refractivity contribution in [3.63, 3.8) is 0 Å². The maximum Gasteiger partial charge on any atom is 0.162 e. The van der Waals surface area contributed by atoms with E-state index in [1.807, 2.05) is 0 Å². The topological polar surface area (TPSA) is 38.7 Å². The van der Waals surface area contributed by atoms with Crippen LogP contribution in [-0.2, 0) is 6.42 Å². The molecule has 0 spiro atoms. The van der Waals surface area contributed by atoms with Gasteiger partial charge in [0, 0.05) is 5.56 Å². The first-order valence-electron chi connectivity index (χ1n) is 6.61. The first-order chi connectivity index (χ1) is 8.90. The fourth-order valence-electron chi connectivity index (χ4n) is 1.96. The normalized spacial score (nSPS) is 10.5. The lowest BCUT2D eigenvalue weighted by atomic mass is 10.0. The molecule has 1 heterocycles. The summed E-state index contributed by atoms with van der Waals surface area (Å²) in [5, 5.41) is 0. The summed E-state index contributed by atoms with van der Waals surface area (Å²) in [4.78, 5) is 12.1. The zero-order valence-corrected chi connectivity index (χ0v) is 10.8. The van der Waals surface area contributed by atoms with Crippen LogP contribution in [0.1, 0.15) is 38.2 Å². The molecule has 0 atom stereocenters. The number of benzene rings is 1. The van der Waals surface area contributed by atoms with E-state index < -0.39 is 0 Å². The van der Waals surface area contributed by atoms with Gasteiger partial charge in [-0.1, -0.05) is 50.5 Å². The third-order valence-corrected chi connectivity index (χ3v) is 3.02. The zero-order chi connectivity index (χ0) is 12.6. The summed E-state index contributed by atoms with van der Waals surface area (Å²) in [6, 6.07) is 8.52. The van der Waals surface area contributed by atoms with Gasteiger partial charge in [0.05, 0.1) is 0 Å². The van der Waals surface area contributed by atoms with Gasteiger partial charge >= 0.3 is 0 Å². The number of hydrogen-bond donors (Lipinski definition) is 0. The second kappa shape index (κ2) is 6.84. The monoisotopic (exact) mass is 241 g/mol. The van der Waals surface area contributed by atoms with Gasteiger partial charge in [0.25, 0.3) is 0 Å². The number of rotatable bonds is 6. The van der Waals surface area contributed by atoms with E-state index in [0.29, 0.717) is 0 Å². The van der Waals surface area contributed by atoms with E-state index in [9.17, 15) is 0 Å². The molecule has 94 valence electrons. The van der Waals surface area contributed by atoms with Crippen molar-refractivity contribution in [1.82, 2.24) is 15.0 Å². The van der Waals surface area contributed by atoms with E-state index in [-0.39, 0.29) is 0 Å². The predicted molar refractivity (Wildman–Crippen MR) is 73.1 cm³/mol. The van der Waals surface area contributed by atoms with Crippen molar-refractivity contribution >= 4 is 0 Å². The molecule has 1 aromatic heterocycles. The van der Waals surface area contributed by atoms with Crippen LogP contribution in [0.4, 0.5) is 0 Å². The Kier molecular flexibility index (Phi) is 4.82. The first-order valence-corrected chi connectivity index (χ1v) is 6.61. The van der Waals surface area contributed by atoms with Crippen LogP contribution in [0.3, 0.4) is 0 Å². The second-order valence-electron chi connectivity index (χ2n) is 4.47. The minimum atomic E-state index is 0.738. The number of nitrogens with zero attached hydrogens (tertiary/aromatic N) is 3. The smallest absolute Gasteiger partial charge is 0.162 e. The van der Waals surface area contributed by atoms with Gasteiger partial charge in [0.2, 0.25) is 0 Å². The Morgan fingerprint density at radius 1 is 0.889 bits per heavy atom. The standard InChI is InChI=1S/C15H19N3/c1-2-3-4-5-6-13-7-9-14(10-8-13)15-17-11-16-12-18-15/h7-12H,2-6H2,1H3. The van der Waals surface area contributed by atoms with Crippen LogP contribution in [0.15, 0.2) is 36.9 Å². The highest BCUT2D eigenvalue weighted by molar-refractivity contribution is 5.54. The van der Waals surface area contributed by atoms with Gasteiger partial charge in [0.15, 0.2) is 5.82 Å². The molecule has 0 saturated carbocycles. The van der Waals surface area contributed by atoms with E-state index >= 15 is 0 Å². The van der Waals surface area contributed by atoms with Crippen molar-refractivity contribution in [2.45, 2.75) is 39.0 Å². The van der Waals surface area contributed by atoms with Crippen LogP contribution in [0.5, 0.6) is 0 Å². The van der Waals surface area contributed by atoms with Gasteiger partial charge in [-0.15, -0.1) is 0 Å². The highest BCUT2D eigenvalue weighted by Gasteiger charge is 2.00. The van der Waals surface area contributed by atoms with Crippen LogP contribution in [0.25, 0.3) is 11.4 Å². The summed E-state index contributed by atoms with van der Waals surface area (Å²) in [6.07, 6.45) is 9.45. The van der Waals surface area contributed by atoms with E-state index in [0.717, 1.165) is 17.8 Å². The average molecular weight is 241 g/mol. The van der Waals surface area contributed by atoms with E-state index in [1.165, 1.54) is 43.9 Å². The van der Waals surface area contributed by atoms with Crippen LogP contribution < -0.4 is 0 Å². The number of aromatic nitrogens is 3. The Labute approximate surface area is 108 Å². The van der Waals surface area contributed by atoms with E-state index in [4.69, 9.17) is 0 Å². The molecule has 2 rings (SSSR count). The minimum absolute atomic E-state index is 0.738. The maximum absolute atomic E-state index is 4.14. The molecule has 0 aliphatic rings. The summed E-state index contributed by atoms with van der Waals surface area (Å²) in [5.41, 5.74) is 2.44. The number of aryl methyl sites for hydroxylation is 1. The molecule has 0 aliphatic carbocycles. The molecule has 0 N–H and O–H groups in total. The molecule has 2 aromatic rings. The molecule has 18 heavy (non-hydrogen) atoms. The Morgan fingerprint density at radius 2 is 1.61 bits per heavy atom. The van der Waals surface area contributed by atoms with Crippen molar-refractivity contribution in [3.8, 4) is 11.4 Å². The zero-order valence-electron chi connectivity index (χ0n) is 10.8. The second-order valence-corrected chi connectivity index (χ2v) is 4.47. The lowest BCUT2D eigenvalue weighted by Gasteiger charge is -2.03. The molecule has 3 heteroatoms. The van der Waals surface area contributed by atoms with Crippen molar-refractivity contribution < 1.29 is 0 Å². The molecule has 0 bridgehead atoms. The van der Waals surface area contributed by atoms with Gasteiger partial charge in [-0.05, 0) is 18.4 Å². The predicted octanol–water partition coefficient (Wildman–Crippen LogP) is 3.66.